The fraction of sp³-hybridized carbons (Fsp3) is 0.417. The Morgan fingerprint density at radius 1 is 0.956 bits per heavy atom. The number of nitrogens with zero attached hydrogens (tertiary/aromatic N) is 4. The first-order chi connectivity index (χ1) is 22.0. The van der Waals surface area contributed by atoms with E-state index < -0.39 is 18.1 Å². The number of piperidine rings is 1. The van der Waals surface area contributed by atoms with Crippen molar-refractivity contribution in [1.82, 2.24) is 24.7 Å². The number of carbonyl (C=O) groups is 2. The number of methoxy groups -OCH3 is 1. The summed E-state index contributed by atoms with van der Waals surface area (Å²) >= 11 is 0. The van der Waals surface area contributed by atoms with Crippen LogP contribution in [0.25, 0.3) is 22.2 Å². The molecule has 0 bridgehead atoms. The van der Waals surface area contributed by atoms with Gasteiger partial charge in [-0.15, -0.1) is 0 Å². The van der Waals surface area contributed by atoms with Crippen LogP contribution in [0.1, 0.15) is 48.0 Å². The van der Waals surface area contributed by atoms with Gasteiger partial charge in [0.1, 0.15) is 5.82 Å². The third kappa shape index (κ3) is 5.71. The summed E-state index contributed by atoms with van der Waals surface area (Å²) in [6.07, 6.45) is 1.65. The van der Waals surface area contributed by atoms with Crippen LogP contribution in [0, 0.1) is 5.92 Å². The molecule has 234 valence electrons. The summed E-state index contributed by atoms with van der Waals surface area (Å²) in [5.41, 5.74) is 7.20. The molecule has 0 saturated carbocycles. The Morgan fingerprint density at radius 2 is 1.67 bits per heavy atom. The van der Waals surface area contributed by atoms with Gasteiger partial charge in [0.15, 0.2) is 0 Å². The number of ether oxygens (including phenoxy) is 1. The third-order valence-electron chi connectivity index (χ3n) is 9.94. The summed E-state index contributed by atoms with van der Waals surface area (Å²) in [4.78, 5) is 35.4. The normalized spacial score (nSPS) is 21.6. The van der Waals surface area contributed by atoms with Gasteiger partial charge in [-0.2, -0.15) is 0 Å². The largest absolute Gasteiger partial charge is 0.465 e. The van der Waals surface area contributed by atoms with E-state index in [0.717, 1.165) is 49.2 Å². The van der Waals surface area contributed by atoms with Crippen LogP contribution in [0.2, 0.25) is 0 Å². The maximum absolute atomic E-state index is 14.2. The van der Waals surface area contributed by atoms with E-state index in [-0.39, 0.29) is 17.7 Å². The second-order valence-corrected chi connectivity index (χ2v) is 12.7. The van der Waals surface area contributed by atoms with E-state index in [9.17, 15) is 14.7 Å². The lowest BCUT2D eigenvalue weighted by Gasteiger charge is -2.35. The van der Waals surface area contributed by atoms with Crippen LogP contribution in [-0.2, 0) is 16.1 Å². The highest BCUT2D eigenvalue weighted by atomic mass is 16.5. The molecule has 1 unspecified atom stereocenters. The number of hydrogen-bond donors (Lipinski definition) is 2. The number of para-hydroxylation sites is 2. The van der Waals surface area contributed by atoms with Gasteiger partial charge in [-0.3, -0.25) is 9.69 Å². The maximum atomic E-state index is 14.2. The standard InChI is InChI=1S/C36H41N5O4/c1-45-19-9-18-41-33-16-7-6-15-31(33)37-34(41)24-10-8-17-40(20-24)35(42)30-22-39(23-32(30)38-36(43)44)21-29-27-13-4-2-11-25(27)26-12-3-5-14-28(26)29/h2-7,11-16,24,29-30,32,38H,8-10,17-23H2,1H3,(H,43,44)/t24?,30-,32-/m1/s1. The Bertz CT molecular complexity index is 1660. The van der Waals surface area contributed by atoms with Gasteiger partial charge >= 0.3 is 6.09 Å². The number of rotatable bonds is 9. The molecule has 3 atom stereocenters. The molecule has 2 saturated heterocycles. The zero-order chi connectivity index (χ0) is 30.9. The van der Waals surface area contributed by atoms with Crippen LogP contribution < -0.4 is 5.32 Å². The SMILES string of the molecule is COCCCn1c(C2CCCN(C(=O)[C@@H]3CN(CC4c5ccccc5-c5ccccc54)C[C@H]3NC(=O)O)C2)nc2ccccc21. The molecule has 2 fully saturated rings. The minimum atomic E-state index is -1.09. The zero-order valence-corrected chi connectivity index (χ0v) is 25.8. The predicted molar refractivity (Wildman–Crippen MR) is 173 cm³/mol. The predicted octanol–water partition coefficient (Wildman–Crippen LogP) is 5.16. The number of aryl methyl sites for hydroxylation is 1. The molecule has 4 aromatic rings. The molecule has 3 aliphatic rings. The topological polar surface area (TPSA) is 99.9 Å². The van der Waals surface area contributed by atoms with Crippen molar-refractivity contribution in [2.75, 3.05) is 46.4 Å². The maximum Gasteiger partial charge on any atom is 0.404 e. The molecule has 0 spiro atoms. The van der Waals surface area contributed by atoms with E-state index in [4.69, 9.17) is 9.72 Å². The number of amides is 2. The summed E-state index contributed by atoms with van der Waals surface area (Å²) in [5, 5.41) is 12.4. The monoisotopic (exact) mass is 607 g/mol. The average molecular weight is 608 g/mol. The number of fused-ring (bicyclic) bond motifs is 4. The highest BCUT2D eigenvalue weighted by Gasteiger charge is 2.43. The van der Waals surface area contributed by atoms with Crippen molar-refractivity contribution in [3.63, 3.8) is 0 Å². The molecule has 7 rings (SSSR count). The molecule has 45 heavy (non-hydrogen) atoms. The number of likely N-dealkylation sites (tertiary alicyclic amines) is 2. The lowest BCUT2D eigenvalue weighted by molar-refractivity contribution is -0.136. The van der Waals surface area contributed by atoms with Gasteiger partial charge in [-0.25, -0.2) is 9.78 Å². The van der Waals surface area contributed by atoms with Gasteiger partial charge in [0.05, 0.1) is 23.0 Å². The zero-order valence-electron chi connectivity index (χ0n) is 25.8. The third-order valence-corrected chi connectivity index (χ3v) is 9.94. The highest BCUT2D eigenvalue weighted by Crippen LogP contribution is 2.45. The number of hydrogen-bond acceptors (Lipinski definition) is 5. The fourth-order valence-electron chi connectivity index (χ4n) is 7.93. The quantitative estimate of drug-likeness (QED) is 0.255. The van der Waals surface area contributed by atoms with Crippen molar-refractivity contribution >= 4 is 23.0 Å². The molecule has 1 aliphatic carbocycles. The molecule has 3 heterocycles. The molecule has 0 radical (unpaired) electrons. The molecule has 2 amide bonds. The highest BCUT2D eigenvalue weighted by molar-refractivity contribution is 5.82. The van der Waals surface area contributed by atoms with E-state index in [0.29, 0.717) is 32.8 Å². The smallest absolute Gasteiger partial charge is 0.404 e. The minimum absolute atomic E-state index is 0.0372. The first-order valence-corrected chi connectivity index (χ1v) is 16.1. The number of nitrogens with one attached hydrogen (secondary N) is 1. The van der Waals surface area contributed by atoms with Crippen molar-refractivity contribution in [1.29, 1.82) is 0 Å². The van der Waals surface area contributed by atoms with Crippen molar-refractivity contribution in [2.24, 2.45) is 5.92 Å². The average Bonchev–Trinajstić information content (AvgIpc) is 3.73. The number of carbonyl (C=O) groups excluding carboxylic acids is 1. The van der Waals surface area contributed by atoms with Gasteiger partial charge in [0.25, 0.3) is 0 Å². The first kappa shape index (κ1) is 29.5. The second kappa shape index (κ2) is 12.7. The van der Waals surface area contributed by atoms with Crippen molar-refractivity contribution in [3.05, 3.63) is 89.7 Å². The second-order valence-electron chi connectivity index (χ2n) is 12.7. The lowest BCUT2D eigenvalue weighted by atomic mass is 9.94. The number of carboxylic acid groups (broad SMARTS) is 1. The number of benzene rings is 3. The summed E-state index contributed by atoms with van der Waals surface area (Å²) in [5.74, 6) is 0.925. The molecular weight excluding hydrogens is 566 g/mol. The van der Waals surface area contributed by atoms with E-state index >= 15 is 0 Å². The number of imidazole rings is 1. The van der Waals surface area contributed by atoms with Gasteiger partial charge in [0, 0.05) is 64.8 Å². The van der Waals surface area contributed by atoms with E-state index in [1.54, 1.807) is 7.11 Å². The molecule has 2 aliphatic heterocycles. The summed E-state index contributed by atoms with van der Waals surface area (Å²) in [7, 11) is 1.72. The van der Waals surface area contributed by atoms with Crippen molar-refractivity contribution < 1.29 is 19.4 Å². The molecule has 2 N–H and O–H groups in total. The van der Waals surface area contributed by atoms with E-state index in [1.165, 1.54) is 22.3 Å². The van der Waals surface area contributed by atoms with Gasteiger partial charge in [-0.1, -0.05) is 60.7 Å². The van der Waals surface area contributed by atoms with Crippen molar-refractivity contribution in [3.8, 4) is 11.1 Å². The van der Waals surface area contributed by atoms with Crippen LogP contribution in [0.5, 0.6) is 0 Å². The molecular formula is C36H41N5O4. The Labute approximate surface area is 263 Å². The van der Waals surface area contributed by atoms with Gasteiger partial charge < -0.3 is 24.6 Å². The van der Waals surface area contributed by atoms with Gasteiger partial charge in [-0.05, 0) is 53.6 Å². The molecule has 3 aromatic carbocycles. The Hall–Kier alpha value is -4.21. The summed E-state index contributed by atoms with van der Waals surface area (Å²) in [6, 6.07) is 24.8. The first-order valence-electron chi connectivity index (χ1n) is 16.1. The minimum Gasteiger partial charge on any atom is -0.465 e. The molecule has 1 aromatic heterocycles. The Morgan fingerprint density at radius 3 is 2.40 bits per heavy atom. The molecule has 9 nitrogen and oxygen atoms in total. The summed E-state index contributed by atoms with van der Waals surface area (Å²) < 4.78 is 7.63. The van der Waals surface area contributed by atoms with E-state index in [2.05, 4.69) is 69.4 Å². The van der Waals surface area contributed by atoms with Crippen LogP contribution in [0.15, 0.2) is 72.8 Å². The molecule has 9 heteroatoms. The fourth-order valence-corrected chi connectivity index (χ4v) is 7.93. The van der Waals surface area contributed by atoms with Crippen LogP contribution in [0.3, 0.4) is 0 Å². The van der Waals surface area contributed by atoms with Crippen LogP contribution >= 0.6 is 0 Å². The van der Waals surface area contributed by atoms with E-state index in [1.807, 2.05) is 23.1 Å². The lowest BCUT2D eigenvalue weighted by Crippen LogP contribution is -2.49. The van der Waals surface area contributed by atoms with Crippen LogP contribution in [0.4, 0.5) is 4.79 Å². The summed E-state index contributed by atoms with van der Waals surface area (Å²) in [6.45, 7) is 4.53. The van der Waals surface area contributed by atoms with Crippen LogP contribution in [-0.4, -0.2) is 88.9 Å². The number of aromatic nitrogens is 2. The Kier molecular flexibility index (Phi) is 8.29. The van der Waals surface area contributed by atoms with Gasteiger partial charge in [0.2, 0.25) is 5.91 Å². The Balaban J connectivity index is 1.10. The van der Waals surface area contributed by atoms with Crippen molar-refractivity contribution in [2.45, 2.75) is 43.7 Å².